The van der Waals surface area contributed by atoms with Crippen molar-refractivity contribution in [2.75, 3.05) is 38.8 Å². The Hall–Kier alpha value is -3.96. The van der Waals surface area contributed by atoms with E-state index in [4.69, 9.17) is 9.47 Å². The smallest absolute Gasteiger partial charge is 0.290 e. The van der Waals surface area contributed by atoms with E-state index >= 15 is 0 Å². The Morgan fingerprint density at radius 1 is 1.10 bits per heavy atom. The third-order valence-corrected chi connectivity index (χ3v) is 7.60. The predicted octanol–water partition coefficient (Wildman–Crippen LogP) is 3.89. The van der Waals surface area contributed by atoms with Crippen LogP contribution in [0.25, 0.3) is 17.3 Å². The van der Waals surface area contributed by atoms with Crippen LogP contribution < -0.4 is 25.0 Å². The largest absolute Gasteiger partial charge is 0.497 e. The highest BCUT2D eigenvalue weighted by Crippen LogP contribution is 2.34. The maximum Gasteiger partial charge on any atom is 0.290 e. The molecule has 2 aliphatic heterocycles. The van der Waals surface area contributed by atoms with Crippen LogP contribution in [0.4, 0.5) is 10.7 Å². The number of nitrogens with one attached hydrogen (secondary N) is 2. The lowest BCUT2D eigenvalue weighted by Gasteiger charge is -2.32. The number of anilines is 1. The van der Waals surface area contributed by atoms with Crippen molar-refractivity contribution in [3.05, 3.63) is 65.0 Å². The van der Waals surface area contributed by atoms with Gasteiger partial charge in [-0.25, -0.2) is 9.97 Å². The lowest BCUT2D eigenvalue weighted by atomic mass is 9.96. The summed E-state index contributed by atoms with van der Waals surface area (Å²) in [5.41, 5.74) is 3.54. The van der Waals surface area contributed by atoms with Gasteiger partial charge in [0, 0.05) is 43.7 Å². The summed E-state index contributed by atoms with van der Waals surface area (Å²) in [6, 6.07) is 11.5. The molecular formula is C28H30N6O4S. The van der Waals surface area contributed by atoms with Gasteiger partial charge in [-0.05, 0) is 73.0 Å². The highest BCUT2D eigenvalue weighted by atomic mass is 32.2. The van der Waals surface area contributed by atoms with Gasteiger partial charge >= 0.3 is 0 Å². The van der Waals surface area contributed by atoms with Crippen molar-refractivity contribution in [3.63, 3.8) is 0 Å². The monoisotopic (exact) mass is 546 g/mol. The molecule has 0 radical (unpaired) electrons. The minimum atomic E-state index is -0.389. The van der Waals surface area contributed by atoms with Gasteiger partial charge in [0.25, 0.3) is 11.1 Å². The van der Waals surface area contributed by atoms with Gasteiger partial charge in [-0.15, -0.1) is 0 Å². The molecule has 0 atom stereocenters. The fraction of sp³-hybridized carbons (Fsp3) is 0.321. The third kappa shape index (κ3) is 6.37. The second kappa shape index (κ2) is 12.3. The number of hydrogen-bond acceptors (Lipinski definition) is 10. The fourth-order valence-corrected chi connectivity index (χ4v) is 5.38. The van der Waals surface area contributed by atoms with Gasteiger partial charge in [0.2, 0.25) is 5.95 Å². The number of imide groups is 1. The first-order chi connectivity index (χ1) is 19.0. The van der Waals surface area contributed by atoms with E-state index in [1.165, 1.54) is 0 Å². The molecule has 5 rings (SSSR count). The van der Waals surface area contributed by atoms with Crippen LogP contribution in [0, 0.1) is 5.92 Å². The Bertz CT molecular complexity index is 1390. The summed E-state index contributed by atoms with van der Waals surface area (Å²) < 4.78 is 10.9. The number of carbonyl (C=O) groups is 2. The minimum Gasteiger partial charge on any atom is -0.497 e. The fourth-order valence-electron chi connectivity index (χ4n) is 4.72. The number of piperidine rings is 1. The van der Waals surface area contributed by atoms with Gasteiger partial charge < -0.3 is 19.7 Å². The third-order valence-electron chi connectivity index (χ3n) is 6.79. The topological polar surface area (TPSA) is 119 Å². The molecule has 3 aromatic rings. The second-order valence-corrected chi connectivity index (χ2v) is 10.3. The highest BCUT2D eigenvalue weighted by Gasteiger charge is 2.26. The standard InChI is InChI=1S/C28H30N6O4S/c1-37-21-5-6-22(23(15-21)38-2)25-19(4-3-10-30-25)17-29-16-18-8-12-34(13-9-18)27-31-11-7-20(32-27)14-24-26(35)33-28(36)39-24/h3-7,10-11,14-15,18,29H,8-9,12-13,16-17H2,1-2H3,(H,33,35,36). The van der Waals surface area contributed by atoms with Crippen molar-refractivity contribution < 1.29 is 19.1 Å². The molecule has 202 valence electrons. The minimum absolute atomic E-state index is 0.344. The molecule has 2 N–H and O–H groups in total. The van der Waals surface area contributed by atoms with E-state index in [2.05, 4.69) is 36.6 Å². The normalized spacial score (nSPS) is 17.0. The Morgan fingerprint density at radius 3 is 2.69 bits per heavy atom. The van der Waals surface area contributed by atoms with Crippen molar-refractivity contribution in [1.82, 2.24) is 25.6 Å². The Balaban J connectivity index is 1.16. The highest BCUT2D eigenvalue weighted by molar-refractivity contribution is 8.18. The van der Waals surface area contributed by atoms with E-state index in [9.17, 15) is 9.59 Å². The maximum absolute atomic E-state index is 11.8. The van der Waals surface area contributed by atoms with Gasteiger partial charge in [0.15, 0.2) is 0 Å². The molecule has 2 amide bonds. The average molecular weight is 547 g/mol. The number of methoxy groups -OCH3 is 2. The van der Waals surface area contributed by atoms with Crippen molar-refractivity contribution in [1.29, 1.82) is 0 Å². The SMILES string of the molecule is COc1ccc(-c2ncccc2CNCC2CCN(c3nccc(C=C4SC(=O)NC4=O)n3)CC2)c(OC)c1. The van der Waals surface area contributed by atoms with Crippen LogP contribution in [-0.2, 0) is 11.3 Å². The van der Waals surface area contributed by atoms with Gasteiger partial charge in [0.05, 0.1) is 30.5 Å². The van der Waals surface area contributed by atoms with Crippen LogP contribution in [0.3, 0.4) is 0 Å². The van der Waals surface area contributed by atoms with Crippen LogP contribution in [-0.4, -0.2) is 60.0 Å². The summed E-state index contributed by atoms with van der Waals surface area (Å²) in [7, 11) is 3.29. The first-order valence-corrected chi connectivity index (χ1v) is 13.6. The molecular weight excluding hydrogens is 516 g/mol. The Morgan fingerprint density at radius 2 is 1.95 bits per heavy atom. The van der Waals surface area contributed by atoms with E-state index in [0.717, 1.165) is 72.6 Å². The molecule has 4 heterocycles. The van der Waals surface area contributed by atoms with E-state index in [1.54, 1.807) is 38.8 Å². The van der Waals surface area contributed by atoms with Gasteiger partial charge in [-0.2, -0.15) is 0 Å². The number of ether oxygens (including phenoxy) is 2. The van der Waals surface area contributed by atoms with E-state index in [0.29, 0.717) is 29.0 Å². The summed E-state index contributed by atoms with van der Waals surface area (Å²) in [5, 5.41) is 5.52. The van der Waals surface area contributed by atoms with Crippen LogP contribution >= 0.6 is 11.8 Å². The zero-order valence-corrected chi connectivity index (χ0v) is 22.7. The number of amides is 2. The second-order valence-electron chi connectivity index (χ2n) is 9.27. The molecule has 2 aliphatic rings. The molecule has 0 aliphatic carbocycles. The molecule has 0 unspecified atom stereocenters. The summed E-state index contributed by atoms with van der Waals surface area (Å²) in [6.07, 6.45) is 7.14. The number of hydrogen-bond donors (Lipinski definition) is 2. The first kappa shape index (κ1) is 26.6. The average Bonchev–Trinajstić information content (AvgIpc) is 3.29. The molecule has 0 spiro atoms. The van der Waals surface area contributed by atoms with Crippen molar-refractivity contribution in [3.8, 4) is 22.8 Å². The zero-order valence-electron chi connectivity index (χ0n) is 21.8. The summed E-state index contributed by atoms with van der Waals surface area (Å²) in [4.78, 5) is 39.4. The number of benzene rings is 1. The number of aromatic nitrogens is 3. The zero-order chi connectivity index (χ0) is 27.2. The number of pyridine rings is 1. The van der Waals surface area contributed by atoms with Gasteiger partial charge in [-0.1, -0.05) is 6.07 Å². The summed E-state index contributed by atoms with van der Waals surface area (Å²) >= 11 is 0.884. The quantitative estimate of drug-likeness (QED) is 0.383. The molecule has 11 heteroatoms. The summed E-state index contributed by atoms with van der Waals surface area (Å²) in [5.74, 6) is 2.25. The molecule has 39 heavy (non-hydrogen) atoms. The maximum atomic E-state index is 11.8. The van der Waals surface area contributed by atoms with E-state index < -0.39 is 0 Å². The number of thioether (sulfide) groups is 1. The van der Waals surface area contributed by atoms with Crippen molar-refractivity contribution in [2.45, 2.75) is 19.4 Å². The van der Waals surface area contributed by atoms with Crippen molar-refractivity contribution >= 4 is 34.9 Å². The van der Waals surface area contributed by atoms with Crippen LogP contribution in [0.1, 0.15) is 24.1 Å². The van der Waals surface area contributed by atoms with E-state index in [1.807, 2.05) is 24.3 Å². The van der Waals surface area contributed by atoms with Crippen LogP contribution in [0.15, 0.2) is 53.7 Å². The van der Waals surface area contributed by atoms with Gasteiger partial charge in [-0.3, -0.25) is 19.9 Å². The molecule has 2 fully saturated rings. The predicted molar refractivity (Wildman–Crippen MR) is 151 cm³/mol. The van der Waals surface area contributed by atoms with Gasteiger partial charge in [0.1, 0.15) is 11.5 Å². The lowest BCUT2D eigenvalue weighted by molar-refractivity contribution is -0.115. The number of carbonyl (C=O) groups excluding carboxylic acids is 2. The summed E-state index contributed by atoms with van der Waals surface area (Å²) in [6.45, 7) is 3.30. The molecule has 2 saturated heterocycles. The molecule has 10 nitrogen and oxygen atoms in total. The molecule has 0 bridgehead atoms. The van der Waals surface area contributed by atoms with E-state index in [-0.39, 0.29) is 11.1 Å². The van der Waals surface area contributed by atoms with Crippen LogP contribution in [0.5, 0.6) is 11.5 Å². The van der Waals surface area contributed by atoms with Crippen molar-refractivity contribution in [2.24, 2.45) is 5.92 Å². The molecule has 1 aromatic carbocycles. The lowest BCUT2D eigenvalue weighted by Crippen LogP contribution is -2.38. The Kier molecular flexibility index (Phi) is 8.38. The number of nitrogens with zero attached hydrogens (tertiary/aromatic N) is 4. The molecule has 2 aromatic heterocycles. The Labute approximate surface area is 231 Å². The molecule has 0 saturated carbocycles. The first-order valence-electron chi connectivity index (χ1n) is 12.7. The van der Waals surface area contributed by atoms with Crippen LogP contribution in [0.2, 0.25) is 0 Å². The number of rotatable bonds is 9.